The zero-order valence-corrected chi connectivity index (χ0v) is 12.4. The second kappa shape index (κ2) is 4.51. The maximum atomic E-state index is 4.13. The van der Waals surface area contributed by atoms with Crippen LogP contribution in [-0.2, 0) is 25.7 Å². The Hall–Kier alpha value is -2.48. The number of fused-ring (bicyclic) bond motifs is 4. The summed E-state index contributed by atoms with van der Waals surface area (Å²) in [7, 11) is 0. The molecule has 106 valence electrons. The van der Waals surface area contributed by atoms with Crippen LogP contribution in [-0.4, -0.2) is 4.98 Å². The predicted octanol–water partition coefficient (Wildman–Crippen LogP) is 2.95. The quantitative estimate of drug-likeness (QED) is 0.491. The van der Waals surface area contributed by atoms with Gasteiger partial charge in [0.2, 0.25) is 5.69 Å². The Morgan fingerprint density at radius 3 is 2.45 bits per heavy atom. The van der Waals surface area contributed by atoms with E-state index >= 15 is 0 Å². The lowest BCUT2D eigenvalue weighted by molar-refractivity contribution is -0.596. The lowest BCUT2D eigenvalue weighted by atomic mass is 10.00. The molecule has 0 aliphatic heterocycles. The molecule has 0 bridgehead atoms. The molecule has 5 rings (SSSR count). The summed E-state index contributed by atoms with van der Waals surface area (Å²) in [5.74, 6) is 0. The summed E-state index contributed by atoms with van der Waals surface area (Å²) in [5, 5.41) is 0. The average molecular weight is 285 g/mol. The van der Waals surface area contributed by atoms with Gasteiger partial charge in [-0.1, -0.05) is 24.3 Å². The molecule has 2 aliphatic carbocycles. The van der Waals surface area contributed by atoms with E-state index in [-0.39, 0.29) is 0 Å². The number of nitrogens with zero attached hydrogens (tertiary/aromatic N) is 2. The Bertz CT molecular complexity index is 882. The van der Waals surface area contributed by atoms with Gasteiger partial charge < -0.3 is 0 Å². The Labute approximate surface area is 130 Å². The van der Waals surface area contributed by atoms with E-state index in [2.05, 4.69) is 39.9 Å². The Balaban J connectivity index is 1.66. The fraction of sp³-hybridized carbons (Fsp3) is 0.200. The first-order valence-electron chi connectivity index (χ1n) is 7.95. The zero-order valence-electron chi connectivity index (χ0n) is 12.4. The van der Waals surface area contributed by atoms with Crippen LogP contribution in [0, 0.1) is 0 Å². The molecule has 22 heavy (non-hydrogen) atoms. The maximum absolute atomic E-state index is 4.13. The molecular formula is C20H17N2+. The van der Waals surface area contributed by atoms with Gasteiger partial charge in [0.05, 0.1) is 12.4 Å². The third-order valence-electron chi connectivity index (χ3n) is 5.01. The highest BCUT2D eigenvalue weighted by Crippen LogP contribution is 2.40. The highest BCUT2D eigenvalue weighted by Gasteiger charge is 2.33. The standard InChI is InChI=1S/C20H17N2/c1-2-4-15-11-16-12-20(22-9-7-21-8-10-22)19-13-18(19)17(16)6-5-14(15)3-1/h1-4,7-10,12H,5-6,11,13H2/q+1. The zero-order chi connectivity index (χ0) is 14.5. The van der Waals surface area contributed by atoms with Gasteiger partial charge in [0.25, 0.3) is 0 Å². The molecule has 0 spiro atoms. The van der Waals surface area contributed by atoms with Gasteiger partial charge in [-0.2, -0.15) is 4.57 Å². The first-order valence-corrected chi connectivity index (χ1v) is 7.95. The van der Waals surface area contributed by atoms with E-state index in [1.165, 1.54) is 40.8 Å². The minimum absolute atomic E-state index is 1.07. The third-order valence-corrected chi connectivity index (χ3v) is 5.01. The van der Waals surface area contributed by atoms with Gasteiger partial charge in [0, 0.05) is 18.1 Å². The van der Waals surface area contributed by atoms with Crippen LogP contribution in [0.25, 0.3) is 5.69 Å². The Morgan fingerprint density at radius 1 is 0.773 bits per heavy atom. The van der Waals surface area contributed by atoms with Gasteiger partial charge in [-0.15, -0.1) is 0 Å². The lowest BCUT2D eigenvalue weighted by Gasteiger charge is -2.06. The van der Waals surface area contributed by atoms with Crippen molar-refractivity contribution in [3.8, 4) is 5.69 Å². The fourth-order valence-corrected chi connectivity index (χ4v) is 3.82. The van der Waals surface area contributed by atoms with E-state index in [9.17, 15) is 0 Å². The van der Waals surface area contributed by atoms with E-state index in [0.717, 1.165) is 12.8 Å². The molecule has 1 aromatic heterocycles. The largest absolute Gasteiger partial charge is 0.252 e. The van der Waals surface area contributed by atoms with E-state index < -0.39 is 0 Å². The minimum Gasteiger partial charge on any atom is -0.252 e. The monoisotopic (exact) mass is 285 g/mol. The summed E-state index contributed by atoms with van der Waals surface area (Å²) >= 11 is 0. The SMILES string of the molecule is c1ccc2c(c1)CCc1c(cc(-[n+]3ccncc3)c3c1C3)C2. The molecule has 2 nitrogen and oxygen atoms in total. The van der Waals surface area contributed by atoms with Gasteiger partial charge in [0.1, 0.15) is 0 Å². The van der Waals surface area contributed by atoms with Crippen molar-refractivity contribution in [3.63, 3.8) is 0 Å². The molecule has 0 N–H and O–H groups in total. The molecule has 2 heteroatoms. The lowest BCUT2D eigenvalue weighted by Crippen LogP contribution is -2.30. The van der Waals surface area contributed by atoms with Gasteiger partial charge in [0.15, 0.2) is 12.4 Å². The number of hydrogen-bond donors (Lipinski definition) is 0. The normalized spacial score (nSPS) is 14.5. The molecule has 0 fully saturated rings. The van der Waals surface area contributed by atoms with Crippen molar-refractivity contribution < 1.29 is 4.57 Å². The minimum atomic E-state index is 1.07. The smallest absolute Gasteiger partial charge is 0.214 e. The molecule has 0 saturated heterocycles. The predicted molar refractivity (Wildman–Crippen MR) is 85.2 cm³/mol. The molecule has 3 aromatic rings. The van der Waals surface area contributed by atoms with E-state index in [1.807, 2.05) is 24.8 Å². The summed E-state index contributed by atoms with van der Waals surface area (Å²) in [6.45, 7) is 0. The first-order chi connectivity index (χ1) is 10.9. The van der Waals surface area contributed by atoms with Crippen molar-refractivity contribution in [1.29, 1.82) is 0 Å². The number of benzene rings is 2. The number of aryl methyl sites for hydroxylation is 1. The molecule has 0 atom stereocenters. The number of rotatable bonds is 1. The Kier molecular flexibility index (Phi) is 2.48. The van der Waals surface area contributed by atoms with Crippen molar-refractivity contribution in [2.24, 2.45) is 0 Å². The third kappa shape index (κ3) is 1.80. The molecule has 0 amide bonds. The number of hydrogen-bond acceptors (Lipinski definition) is 1. The summed E-state index contributed by atoms with van der Waals surface area (Å²) in [6, 6.07) is 11.3. The van der Waals surface area contributed by atoms with Crippen molar-refractivity contribution >= 4 is 0 Å². The molecule has 2 aliphatic rings. The summed E-state index contributed by atoms with van der Waals surface area (Å²) in [6.07, 6.45) is 12.4. The first kappa shape index (κ1) is 12.1. The van der Waals surface area contributed by atoms with Crippen LogP contribution < -0.4 is 4.57 Å². The van der Waals surface area contributed by atoms with Gasteiger partial charge in [-0.25, -0.2) is 0 Å². The van der Waals surface area contributed by atoms with Crippen LogP contribution in [0.2, 0.25) is 0 Å². The van der Waals surface area contributed by atoms with E-state index in [0.29, 0.717) is 0 Å². The fourth-order valence-electron chi connectivity index (χ4n) is 3.82. The summed E-state index contributed by atoms with van der Waals surface area (Å²) in [5.41, 5.74) is 10.6. The average Bonchev–Trinajstić information content (AvgIpc) is 3.36. The van der Waals surface area contributed by atoms with Crippen LogP contribution in [0.1, 0.15) is 33.4 Å². The second-order valence-corrected chi connectivity index (χ2v) is 6.27. The van der Waals surface area contributed by atoms with Crippen molar-refractivity contribution in [2.75, 3.05) is 0 Å². The van der Waals surface area contributed by atoms with Crippen LogP contribution >= 0.6 is 0 Å². The molecule has 2 aromatic carbocycles. The highest BCUT2D eigenvalue weighted by molar-refractivity contribution is 5.63. The van der Waals surface area contributed by atoms with Gasteiger partial charge in [-0.05, 0) is 47.1 Å². The summed E-state index contributed by atoms with van der Waals surface area (Å²) in [4.78, 5) is 4.13. The molecule has 1 heterocycles. The van der Waals surface area contributed by atoms with Gasteiger partial charge >= 0.3 is 0 Å². The van der Waals surface area contributed by atoms with Crippen LogP contribution in [0.3, 0.4) is 0 Å². The number of aromatic nitrogens is 2. The molecule has 0 saturated carbocycles. The summed E-state index contributed by atoms with van der Waals surface area (Å²) < 4.78 is 2.20. The van der Waals surface area contributed by atoms with Crippen LogP contribution in [0.15, 0.2) is 55.1 Å². The van der Waals surface area contributed by atoms with Gasteiger partial charge in [-0.3, -0.25) is 4.98 Å². The molecule has 0 unspecified atom stereocenters. The molecule has 0 radical (unpaired) electrons. The van der Waals surface area contributed by atoms with E-state index in [4.69, 9.17) is 0 Å². The van der Waals surface area contributed by atoms with Crippen molar-refractivity contribution in [3.05, 3.63) is 88.5 Å². The van der Waals surface area contributed by atoms with Crippen LogP contribution in [0.4, 0.5) is 0 Å². The topological polar surface area (TPSA) is 16.8 Å². The van der Waals surface area contributed by atoms with E-state index in [1.54, 1.807) is 11.1 Å². The Morgan fingerprint density at radius 2 is 1.59 bits per heavy atom. The highest BCUT2D eigenvalue weighted by atomic mass is 15.0. The van der Waals surface area contributed by atoms with Crippen LogP contribution in [0.5, 0.6) is 0 Å². The second-order valence-electron chi connectivity index (χ2n) is 6.27. The maximum Gasteiger partial charge on any atom is 0.214 e. The van der Waals surface area contributed by atoms with Crippen molar-refractivity contribution in [1.82, 2.24) is 4.98 Å². The molecular weight excluding hydrogens is 268 g/mol. The van der Waals surface area contributed by atoms with Crippen molar-refractivity contribution in [2.45, 2.75) is 25.7 Å².